The van der Waals surface area contributed by atoms with E-state index in [4.69, 9.17) is 5.73 Å². The molecule has 0 atom stereocenters. The number of piperidine rings is 1. The van der Waals surface area contributed by atoms with E-state index in [-0.39, 0.29) is 5.91 Å². The zero-order chi connectivity index (χ0) is 18.7. The highest BCUT2D eigenvalue weighted by Crippen LogP contribution is 2.29. The molecule has 0 saturated carbocycles. The van der Waals surface area contributed by atoms with Gasteiger partial charge in [-0.05, 0) is 66.7 Å². The van der Waals surface area contributed by atoms with Gasteiger partial charge in [0.2, 0.25) is 0 Å². The molecule has 1 aliphatic heterocycles. The number of nitrogens with zero attached hydrogens (tertiary/aromatic N) is 1. The van der Waals surface area contributed by atoms with Crippen LogP contribution in [0.2, 0.25) is 0 Å². The molecule has 0 unspecified atom stereocenters. The van der Waals surface area contributed by atoms with Crippen molar-refractivity contribution in [1.29, 1.82) is 0 Å². The molecular formula is C21H28N2O2S. The third-order valence-corrected chi connectivity index (χ3v) is 6.72. The summed E-state index contributed by atoms with van der Waals surface area (Å²) in [7, 11) is -2.28. The Kier molecular flexibility index (Phi) is 5.58. The molecule has 2 N–H and O–H groups in total. The highest BCUT2D eigenvalue weighted by molar-refractivity contribution is 8.01. The summed E-state index contributed by atoms with van der Waals surface area (Å²) in [6, 6.07) is 15.7. The second kappa shape index (κ2) is 7.72. The maximum Gasteiger partial charge on any atom is 0.253 e. The molecular weight excluding hydrogens is 344 g/mol. The van der Waals surface area contributed by atoms with Gasteiger partial charge in [0.1, 0.15) is 0 Å². The van der Waals surface area contributed by atoms with Crippen LogP contribution in [0, 0.1) is 0 Å². The lowest BCUT2D eigenvalue weighted by atomic mass is 9.88. The maximum absolute atomic E-state index is 12.7. The zero-order valence-electron chi connectivity index (χ0n) is 15.5. The van der Waals surface area contributed by atoms with Gasteiger partial charge in [-0.3, -0.25) is 9.00 Å². The molecule has 2 aromatic carbocycles. The Morgan fingerprint density at radius 1 is 1.12 bits per heavy atom. The van der Waals surface area contributed by atoms with Gasteiger partial charge in [0.15, 0.2) is 0 Å². The van der Waals surface area contributed by atoms with Crippen molar-refractivity contribution < 1.29 is 9.00 Å². The molecule has 0 bridgehead atoms. The number of likely N-dealkylation sites (tertiary alicyclic amines) is 1. The van der Waals surface area contributed by atoms with Crippen molar-refractivity contribution in [3.05, 3.63) is 65.2 Å². The number of amides is 1. The first kappa shape index (κ1) is 18.8. The van der Waals surface area contributed by atoms with Gasteiger partial charge in [0, 0.05) is 30.1 Å². The monoisotopic (exact) mass is 372 g/mol. The molecule has 1 amide bonds. The number of thiol groups is 1. The lowest BCUT2D eigenvalue weighted by Gasteiger charge is -2.32. The van der Waals surface area contributed by atoms with Crippen LogP contribution >= 0.6 is 0 Å². The molecule has 26 heavy (non-hydrogen) atoms. The highest BCUT2D eigenvalue weighted by Gasteiger charge is 2.24. The first-order chi connectivity index (χ1) is 12.4. The minimum Gasteiger partial charge on any atom is -0.339 e. The Balaban J connectivity index is 1.64. The fourth-order valence-electron chi connectivity index (χ4n) is 3.54. The van der Waals surface area contributed by atoms with E-state index in [0.717, 1.165) is 36.4 Å². The number of rotatable bonds is 4. The van der Waals surface area contributed by atoms with Crippen LogP contribution in [0.4, 0.5) is 0 Å². The molecule has 1 aliphatic rings. The van der Waals surface area contributed by atoms with Crippen molar-refractivity contribution in [1.82, 2.24) is 4.90 Å². The zero-order valence-corrected chi connectivity index (χ0v) is 16.4. The number of carbonyl (C=O) groups excluding carboxylic acids is 1. The van der Waals surface area contributed by atoms with Gasteiger partial charge in [0.05, 0.1) is 0 Å². The first-order valence-electron chi connectivity index (χ1n) is 9.12. The minimum absolute atomic E-state index is 0.0627. The molecule has 0 spiro atoms. The summed E-state index contributed by atoms with van der Waals surface area (Å²) in [6.45, 7) is 2.08. The van der Waals surface area contributed by atoms with Crippen LogP contribution in [0.25, 0.3) is 0 Å². The minimum atomic E-state index is -2.28. The fraction of sp³-hybridized carbons (Fsp3) is 0.381. The third kappa shape index (κ3) is 4.22. The second-order valence-electron chi connectivity index (χ2n) is 7.41. The van der Waals surface area contributed by atoms with Gasteiger partial charge in [-0.15, -0.1) is 0 Å². The molecule has 0 aliphatic carbocycles. The van der Waals surface area contributed by atoms with E-state index in [1.54, 1.807) is 24.6 Å². The van der Waals surface area contributed by atoms with Crippen molar-refractivity contribution in [2.75, 3.05) is 25.6 Å². The van der Waals surface area contributed by atoms with Gasteiger partial charge in [-0.2, -0.15) is 0 Å². The molecule has 0 radical (unpaired) electrons. The van der Waals surface area contributed by atoms with Crippen LogP contribution in [0.5, 0.6) is 0 Å². The molecule has 0 aromatic heterocycles. The topological polar surface area (TPSA) is 63.4 Å². The lowest BCUT2D eigenvalue weighted by molar-refractivity contribution is 0.0713. The van der Waals surface area contributed by atoms with Crippen LogP contribution < -0.4 is 5.73 Å². The quantitative estimate of drug-likeness (QED) is 0.811. The lowest BCUT2D eigenvalue weighted by Crippen LogP contribution is -2.37. The van der Waals surface area contributed by atoms with E-state index in [9.17, 15) is 9.00 Å². The van der Waals surface area contributed by atoms with Crippen LogP contribution in [0.3, 0.4) is 0 Å². The van der Waals surface area contributed by atoms with Gasteiger partial charge < -0.3 is 10.6 Å². The fourth-order valence-corrected chi connectivity index (χ4v) is 4.40. The Morgan fingerprint density at radius 2 is 1.77 bits per heavy atom. The molecule has 2 aromatic rings. The van der Waals surface area contributed by atoms with Gasteiger partial charge in [0.25, 0.3) is 5.91 Å². The Bertz CT molecular complexity index is 818. The summed E-state index contributed by atoms with van der Waals surface area (Å²) in [6.07, 6.45) is 5.43. The smallest absolute Gasteiger partial charge is 0.253 e. The summed E-state index contributed by atoms with van der Waals surface area (Å²) in [4.78, 5) is 15.5. The SMILES string of the molecule is C[SH](C)(=O)c1ccc(C(=O)N2CCC(c3cccc(CN)c3)CC2)cc1. The predicted molar refractivity (Wildman–Crippen MR) is 108 cm³/mol. The van der Waals surface area contributed by atoms with Gasteiger partial charge >= 0.3 is 0 Å². The van der Waals surface area contributed by atoms with Crippen molar-refractivity contribution in [3.63, 3.8) is 0 Å². The van der Waals surface area contributed by atoms with Crippen LogP contribution in [-0.2, 0) is 16.5 Å². The summed E-state index contributed by atoms with van der Waals surface area (Å²) in [5.41, 5.74) is 8.90. The molecule has 140 valence electrons. The van der Waals surface area contributed by atoms with Gasteiger partial charge in [-0.25, -0.2) is 0 Å². The molecule has 3 rings (SSSR count). The van der Waals surface area contributed by atoms with E-state index in [1.165, 1.54) is 5.56 Å². The Labute approximate surface area is 156 Å². The summed E-state index contributed by atoms with van der Waals surface area (Å²) < 4.78 is 12.1. The number of hydrogen-bond donors (Lipinski definition) is 2. The number of hydrogen-bond acceptors (Lipinski definition) is 3. The highest BCUT2D eigenvalue weighted by atomic mass is 32.2. The van der Waals surface area contributed by atoms with E-state index in [0.29, 0.717) is 18.0 Å². The summed E-state index contributed by atoms with van der Waals surface area (Å²) in [5.74, 6) is 0.548. The standard InChI is InChI=1S/C21H28N2O2S/c1-26(2,25)20-8-6-18(7-9-20)21(24)23-12-10-17(11-13-23)19-5-3-4-16(14-19)15-22/h3-9,14,17,26H,10-13,15,22H2,1-2H3. The predicted octanol–water partition coefficient (Wildman–Crippen LogP) is 2.80. The van der Waals surface area contributed by atoms with Crippen molar-refractivity contribution in [3.8, 4) is 0 Å². The molecule has 5 heteroatoms. The van der Waals surface area contributed by atoms with Crippen LogP contribution in [-0.4, -0.2) is 40.6 Å². The summed E-state index contributed by atoms with van der Waals surface area (Å²) in [5, 5.41) is 0. The second-order valence-corrected chi connectivity index (χ2v) is 10.6. The number of nitrogens with two attached hydrogens (primary N) is 1. The third-order valence-electron chi connectivity index (χ3n) is 5.18. The molecule has 1 heterocycles. The molecule has 1 fully saturated rings. The van der Waals surface area contributed by atoms with E-state index >= 15 is 0 Å². The van der Waals surface area contributed by atoms with E-state index in [1.807, 2.05) is 17.0 Å². The van der Waals surface area contributed by atoms with E-state index in [2.05, 4.69) is 24.3 Å². The van der Waals surface area contributed by atoms with Gasteiger partial charge in [-0.1, -0.05) is 34.2 Å². The first-order valence-corrected chi connectivity index (χ1v) is 11.7. The largest absolute Gasteiger partial charge is 0.339 e. The molecule has 4 nitrogen and oxygen atoms in total. The average Bonchev–Trinajstić information content (AvgIpc) is 2.67. The number of carbonyl (C=O) groups is 1. The Morgan fingerprint density at radius 3 is 2.35 bits per heavy atom. The average molecular weight is 373 g/mol. The summed E-state index contributed by atoms with van der Waals surface area (Å²) >= 11 is 0. The normalized spacial score (nSPS) is 16.5. The Hall–Kier alpha value is -1.98. The van der Waals surface area contributed by atoms with Crippen LogP contribution in [0.15, 0.2) is 53.4 Å². The van der Waals surface area contributed by atoms with Crippen molar-refractivity contribution in [2.45, 2.75) is 30.2 Å². The number of benzene rings is 2. The van der Waals surface area contributed by atoms with Crippen molar-refractivity contribution >= 4 is 15.8 Å². The van der Waals surface area contributed by atoms with Crippen molar-refractivity contribution in [2.24, 2.45) is 5.73 Å². The van der Waals surface area contributed by atoms with Crippen LogP contribution in [0.1, 0.15) is 40.2 Å². The maximum atomic E-state index is 12.7. The van der Waals surface area contributed by atoms with E-state index < -0.39 is 9.93 Å². The molecule has 1 saturated heterocycles.